The number of hydrogen-bond acceptors (Lipinski definition) is 3. The Bertz CT molecular complexity index is 1990. The first kappa shape index (κ1) is 22.1. The van der Waals surface area contributed by atoms with E-state index in [0.29, 0.717) is 0 Å². The zero-order valence-corrected chi connectivity index (χ0v) is 21.7. The standard InChI is InChI=1S/C34H22N4S/c1-3-11-29-25(9-1)27-17-15-23(21-31(27)37(29)33-13-5-7-19-35-33)39-24-16-18-28-26-10-2-4-12-30(26)38(32(28)22-24)34-14-6-8-20-36-34/h1-22H. The van der Waals surface area contributed by atoms with E-state index >= 15 is 0 Å². The van der Waals surface area contributed by atoms with Crippen LogP contribution in [0.15, 0.2) is 144 Å². The average Bonchev–Trinajstić information content (AvgIpc) is 3.50. The summed E-state index contributed by atoms with van der Waals surface area (Å²) >= 11 is 1.78. The van der Waals surface area contributed by atoms with Crippen LogP contribution < -0.4 is 0 Å². The van der Waals surface area contributed by atoms with Crippen molar-refractivity contribution in [3.05, 3.63) is 134 Å². The molecule has 0 aliphatic heterocycles. The second-order valence-electron chi connectivity index (χ2n) is 9.54. The average molecular weight is 519 g/mol. The summed E-state index contributed by atoms with van der Waals surface area (Å²) in [5.74, 6) is 1.85. The molecule has 0 aliphatic rings. The maximum absolute atomic E-state index is 4.68. The van der Waals surface area contributed by atoms with Gasteiger partial charge in [-0.25, -0.2) is 9.97 Å². The largest absolute Gasteiger partial charge is 0.294 e. The normalized spacial score (nSPS) is 11.7. The highest BCUT2D eigenvalue weighted by Gasteiger charge is 2.15. The number of nitrogens with zero attached hydrogens (tertiary/aromatic N) is 4. The summed E-state index contributed by atoms with van der Waals surface area (Å²) in [5.41, 5.74) is 4.64. The third kappa shape index (κ3) is 3.55. The fourth-order valence-corrected chi connectivity index (χ4v) is 6.51. The lowest BCUT2D eigenvalue weighted by Crippen LogP contribution is -1.96. The Labute approximate surface area is 229 Å². The summed E-state index contributed by atoms with van der Waals surface area (Å²) in [5, 5.41) is 4.92. The molecule has 0 fully saturated rings. The summed E-state index contributed by atoms with van der Waals surface area (Å²) < 4.78 is 4.52. The van der Waals surface area contributed by atoms with Crippen LogP contribution in [-0.2, 0) is 0 Å². The molecule has 0 atom stereocenters. The Kier molecular flexibility index (Phi) is 5.03. The van der Waals surface area contributed by atoms with Gasteiger partial charge in [-0.2, -0.15) is 0 Å². The van der Waals surface area contributed by atoms with Gasteiger partial charge in [0.15, 0.2) is 0 Å². The minimum atomic E-state index is 0.923. The van der Waals surface area contributed by atoms with Gasteiger partial charge >= 0.3 is 0 Å². The van der Waals surface area contributed by atoms with Crippen LogP contribution in [-0.4, -0.2) is 19.1 Å². The van der Waals surface area contributed by atoms with Crippen molar-refractivity contribution in [2.45, 2.75) is 9.79 Å². The summed E-state index contributed by atoms with van der Waals surface area (Å²) in [6.07, 6.45) is 3.70. The van der Waals surface area contributed by atoms with E-state index in [1.165, 1.54) is 31.3 Å². The van der Waals surface area contributed by atoms with E-state index in [1.807, 2.05) is 36.7 Å². The highest BCUT2D eigenvalue weighted by molar-refractivity contribution is 7.99. The lowest BCUT2D eigenvalue weighted by atomic mass is 10.1. The van der Waals surface area contributed by atoms with Gasteiger partial charge in [-0.05, 0) is 60.7 Å². The zero-order chi connectivity index (χ0) is 25.8. The highest BCUT2D eigenvalue weighted by Crippen LogP contribution is 2.38. The first-order chi connectivity index (χ1) is 19.3. The Hall–Kier alpha value is -4.87. The van der Waals surface area contributed by atoms with Crippen LogP contribution in [0, 0.1) is 0 Å². The van der Waals surface area contributed by atoms with E-state index in [-0.39, 0.29) is 0 Å². The van der Waals surface area contributed by atoms with Gasteiger partial charge in [-0.3, -0.25) is 9.13 Å². The quantitative estimate of drug-likeness (QED) is 0.233. The Morgan fingerprint density at radius 3 is 1.31 bits per heavy atom. The zero-order valence-electron chi connectivity index (χ0n) is 20.9. The van der Waals surface area contributed by atoms with E-state index in [9.17, 15) is 0 Å². The number of aromatic nitrogens is 4. The molecule has 39 heavy (non-hydrogen) atoms. The molecule has 4 heterocycles. The minimum Gasteiger partial charge on any atom is -0.294 e. The molecule has 0 aliphatic carbocycles. The Morgan fingerprint density at radius 1 is 0.410 bits per heavy atom. The van der Waals surface area contributed by atoms with Crippen molar-refractivity contribution in [3.63, 3.8) is 0 Å². The van der Waals surface area contributed by atoms with Gasteiger partial charge in [0.25, 0.3) is 0 Å². The molecule has 0 radical (unpaired) electrons. The van der Waals surface area contributed by atoms with Crippen LogP contribution in [0.4, 0.5) is 0 Å². The molecule has 4 nitrogen and oxygen atoms in total. The van der Waals surface area contributed by atoms with Crippen molar-refractivity contribution in [1.29, 1.82) is 0 Å². The van der Waals surface area contributed by atoms with Crippen LogP contribution in [0.25, 0.3) is 55.2 Å². The monoisotopic (exact) mass is 518 g/mol. The highest BCUT2D eigenvalue weighted by atomic mass is 32.2. The number of fused-ring (bicyclic) bond motifs is 6. The lowest BCUT2D eigenvalue weighted by molar-refractivity contribution is 1.08. The summed E-state index contributed by atoms with van der Waals surface area (Å²) in [4.78, 5) is 11.7. The van der Waals surface area contributed by atoms with Crippen molar-refractivity contribution in [3.8, 4) is 11.6 Å². The summed E-state index contributed by atoms with van der Waals surface area (Å²) in [7, 11) is 0. The SMILES string of the molecule is c1ccc(-n2c3ccccc3c3ccc(Sc4ccc5c6ccccc6n(-c6ccccn6)c5c4)cc32)nc1. The predicted molar refractivity (Wildman–Crippen MR) is 161 cm³/mol. The predicted octanol–water partition coefficient (Wildman–Crippen LogP) is 8.82. The number of hydrogen-bond donors (Lipinski definition) is 0. The second kappa shape index (κ2) is 8.86. The van der Waals surface area contributed by atoms with E-state index < -0.39 is 0 Å². The molecule has 0 amide bonds. The molecule has 8 aromatic rings. The number of para-hydroxylation sites is 2. The maximum atomic E-state index is 4.68. The molecule has 4 aromatic carbocycles. The van der Waals surface area contributed by atoms with E-state index in [4.69, 9.17) is 0 Å². The fraction of sp³-hybridized carbons (Fsp3) is 0. The molecular formula is C34H22N4S. The van der Waals surface area contributed by atoms with E-state index in [2.05, 4.69) is 116 Å². The van der Waals surface area contributed by atoms with Gasteiger partial charge in [0.1, 0.15) is 11.6 Å². The molecular weight excluding hydrogens is 496 g/mol. The number of pyridine rings is 2. The van der Waals surface area contributed by atoms with Gasteiger partial charge < -0.3 is 0 Å². The molecule has 8 rings (SSSR count). The van der Waals surface area contributed by atoms with Crippen LogP contribution >= 0.6 is 11.8 Å². The Balaban J connectivity index is 1.29. The van der Waals surface area contributed by atoms with Crippen molar-refractivity contribution in [2.24, 2.45) is 0 Å². The third-order valence-electron chi connectivity index (χ3n) is 7.28. The van der Waals surface area contributed by atoms with Crippen molar-refractivity contribution >= 4 is 55.4 Å². The molecule has 184 valence electrons. The minimum absolute atomic E-state index is 0.923. The fourth-order valence-electron chi connectivity index (χ4n) is 5.63. The van der Waals surface area contributed by atoms with Crippen molar-refractivity contribution in [2.75, 3.05) is 0 Å². The molecule has 4 aromatic heterocycles. The van der Waals surface area contributed by atoms with Gasteiger partial charge in [-0.15, -0.1) is 0 Å². The second-order valence-corrected chi connectivity index (χ2v) is 10.7. The molecule has 0 spiro atoms. The van der Waals surface area contributed by atoms with E-state index in [1.54, 1.807) is 11.8 Å². The Morgan fingerprint density at radius 2 is 0.846 bits per heavy atom. The van der Waals surface area contributed by atoms with Gasteiger partial charge in [0.05, 0.1) is 22.1 Å². The van der Waals surface area contributed by atoms with Crippen LogP contribution in [0.1, 0.15) is 0 Å². The summed E-state index contributed by atoms with van der Waals surface area (Å²) in [6.45, 7) is 0. The first-order valence-electron chi connectivity index (χ1n) is 12.9. The van der Waals surface area contributed by atoms with Crippen molar-refractivity contribution in [1.82, 2.24) is 19.1 Å². The molecule has 5 heteroatoms. The topological polar surface area (TPSA) is 35.6 Å². The maximum Gasteiger partial charge on any atom is 0.137 e. The van der Waals surface area contributed by atoms with Gasteiger partial charge in [-0.1, -0.05) is 72.4 Å². The molecule has 0 saturated heterocycles. The van der Waals surface area contributed by atoms with E-state index in [0.717, 1.165) is 33.7 Å². The van der Waals surface area contributed by atoms with Gasteiger partial charge in [0.2, 0.25) is 0 Å². The van der Waals surface area contributed by atoms with Crippen LogP contribution in [0.5, 0.6) is 0 Å². The van der Waals surface area contributed by atoms with Crippen LogP contribution in [0.2, 0.25) is 0 Å². The molecule has 0 unspecified atom stereocenters. The molecule has 0 N–H and O–H groups in total. The molecule has 0 saturated carbocycles. The number of rotatable bonds is 4. The summed E-state index contributed by atoms with van der Waals surface area (Å²) in [6, 6.07) is 42.7. The van der Waals surface area contributed by atoms with Crippen molar-refractivity contribution < 1.29 is 0 Å². The number of benzene rings is 4. The third-order valence-corrected chi connectivity index (χ3v) is 8.26. The molecule has 0 bridgehead atoms. The van der Waals surface area contributed by atoms with Crippen LogP contribution in [0.3, 0.4) is 0 Å². The van der Waals surface area contributed by atoms with Gasteiger partial charge in [0, 0.05) is 43.7 Å². The lowest BCUT2D eigenvalue weighted by Gasteiger charge is -2.09. The first-order valence-corrected chi connectivity index (χ1v) is 13.7. The smallest absolute Gasteiger partial charge is 0.137 e.